The number of aromatic nitrogens is 2. The van der Waals surface area contributed by atoms with Crippen molar-refractivity contribution >= 4 is 46.1 Å². The number of carbonyl (C=O) groups excluding carboxylic acids is 2. The Bertz CT molecular complexity index is 924. The Morgan fingerprint density at radius 1 is 1.23 bits per heavy atom. The Labute approximate surface area is 158 Å². The second-order valence-corrected chi connectivity index (χ2v) is 6.62. The number of carbonyl (C=O) groups is 2. The Balaban J connectivity index is 1.58. The maximum atomic E-state index is 12.2. The average molecular weight is 391 g/mol. The summed E-state index contributed by atoms with van der Waals surface area (Å²) < 4.78 is 5.55. The fourth-order valence-corrected chi connectivity index (χ4v) is 2.99. The molecule has 0 spiro atoms. The van der Waals surface area contributed by atoms with Crippen molar-refractivity contribution in [3.05, 3.63) is 45.9 Å². The first-order chi connectivity index (χ1) is 12.5. The van der Waals surface area contributed by atoms with Crippen molar-refractivity contribution in [3.63, 3.8) is 0 Å². The van der Waals surface area contributed by atoms with Gasteiger partial charge in [-0.15, -0.1) is 10.2 Å². The fourth-order valence-electron chi connectivity index (χ4n) is 2.19. The highest BCUT2D eigenvalue weighted by Crippen LogP contribution is 2.26. The molecule has 3 rings (SSSR count). The van der Waals surface area contributed by atoms with Gasteiger partial charge in [0.05, 0.1) is 10.7 Å². The number of benzene rings is 1. The minimum atomic E-state index is -0.248. The predicted molar refractivity (Wildman–Crippen MR) is 100 cm³/mol. The van der Waals surface area contributed by atoms with Crippen molar-refractivity contribution in [3.8, 4) is 11.5 Å². The fraction of sp³-hybridized carbons (Fsp3) is 0.176. The van der Waals surface area contributed by atoms with Crippen LogP contribution in [0.5, 0.6) is 0 Å². The van der Waals surface area contributed by atoms with E-state index in [9.17, 15) is 9.59 Å². The maximum absolute atomic E-state index is 12.2. The van der Waals surface area contributed by atoms with Gasteiger partial charge in [-0.25, -0.2) is 0 Å². The van der Waals surface area contributed by atoms with Crippen molar-refractivity contribution in [2.75, 3.05) is 10.6 Å². The molecule has 3 aromatic rings. The molecule has 134 valence electrons. The zero-order valence-electron chi connectivity index (χ0n) is 13.8. The average Bonchev–Trinajstić information content (AvgIpc) is 3.26. The van der Waals surface area contributed by atoms with Crippen molar-refractivity contribution in [2.24, 2.45) is 0 Å². The molecule has 0 bridgehead atoms. The van der Waals surface area contributed by atoms with E-state index in [2.05, 4.69) is 20.8 Å². The van der Waals surface area contributed by atoms with E-state index in [1.54, 1.807) is 18.2 Å². The van der Waals surface area contributed by atoms with Crippen LogP contribution in [0.3, 0.4) is 0 Å². The molecule has 2 amide bonds. The summed E-state index contributed by atoms with van der Waals surface area (Å²) in [7, 11) is 0. The normalized spacial score (nSPS) is 10.5. The minimum Gasteiger partial charge on any atom is -0.421 e. The maximum Gasteiger partial charge on any atom is 0.248 e. The van der Waals surface area contributed by atoms with Gasteiger partial charge in [0, 0.05) is 36.4 Å². The van der Waals surface area contributed by atoms with Gasteiger partial charge >= 0.3 is 0 Å². The number of nitrogens with zero attached hydrogens (tertiary/aromatic N) is 2. The van der Waals surface area contributed by atoms with Crippen LogP contribution >= 0.6 is 22.9 Å². The van der Waals surface area contributed by atoms with E-state index in [1.165, 1.54) is 18.3 Å². The first-order valence-corrected chi connectivity index (χ1v) is 9.05. The minimum absolute atomic E-state index is 0.159. The quantitative estimate of drug-likeness (QED) is 0.663. The summed E-state index contributed by atoms with van der Waals surface area (Å²) in [6.07, 6.45) is 0.470. The summed E-state index contributed by atoms with van der Waals surface area (Å²) in [5.74, 6) is 0.372. The molecule has 26 heavy (non-hydrogen) atoms. The lowest BCUT2D eigenvalue weighted by Crippen LogP contribution is -2.13. The number of hydrogen-bond acceptors (Lipinski definition) is 6. The Hall–Kier alpha value is -2.71. The summed E-state index contributed by atoms with van der Waals surface area (Å²) in [5, 5.41) is 17.5. The van der Waals surface area contributed by atoms with E-state index in [-0.39, 0.29) is 18.2 Å². The van der Waals surface area contributed by atoms with Gasteiger partial charge in [0.2, 0.25) is 23.6 Å². The Kier molecular flexibility index (Phi) is 5.65. The van der Waals surface area contributed by atoms with Gasteiger partial charge in [0.15, 0.2) is 0 Å². The largest absolute Gasteiger partial charge is 0.421 e. The van der Waals surface area contributed by atoms with Crippen LogP contribution in [0, 0.1) is 0 Å². The van der Waals surface area contributed by atoms with Crippen LogP contribution in [0.2, 0.25) is 5.02 Å². The molecule has 0 unspecified atom stereocenters. The molecule has 0 atom stereocenters. The Morgan fingerprint density at radius 2 is 2.08 bits per heavy atom. The molecule has 9 heteroatoms. The van der Waals surface area contributed by atoms with Crippen LogP contribution in [0.25, 0.3) is 11.5 Å². The molecular formula is C17H15ClN4O3S. The number of halogens is 1. The van der Waals surface area contributed by atoms with Crippen LogP contribution in [-0.4, -0.2) is 22.0 Å². The number of hydrogen-bond donors (Lipinski definition) is 2. The monoisotopic (exact) mass is 390 g/mol. The molecule has 2 N–H and O–H groups in total. The third-order valence-corrected chi connectivity index (χ3v) is 4.37. The lowest BCUT2D eigenvalue weighted by atomic mass is 10.2. The molecule has 0 aliphatic rings. The van der Waals surface area contributed by atoms with Gasteiger partial charge in [-0.3, -0.25) is 9.59 Å². The van der Waals surface area contributed by atoms with Crippen molar-refractivity contribution in [2.45, 2.75) is 19.8 Å². The molecule has 0 saturated carbocycles. The zero-order chi connectivity index (χ0) is 18.5. The lowest BCUT2D eigenvalue weighted by molar-refractivity contribution is -0.116. The third kappa shape index (κ3) is 4.68. The highest BCUT2D eigenvalue weighted by atomic mass is 35.5. The zero-order valence-corrected chi connectivity index (χ0v) is 15.4. The van der Waals surface area contributed by atoms with Crippen LogP contribution < -0.4 is 10.6 Å². The van der Waals surface area contributed by atoms with Crippen molar-refractivity contribution in [1.29, 1.82) is 0 Å². The van der Waals surface area contributed by atoms with Gasteiger partial charge < -0.3 is 15.1 Å². The Morgan fingerprint density at radius 3 is 2.81 bits per heavy atom. The summed E-state index contributed by atoms with van der Waals surface area (Å²) >= 11 is 7.63. The molecule has 2 heterocycles. The van der Waals surface area contributed by atoms with E-state index < -0.39 is 0 Å². The molecule has 0 aliphatic carbocycles. The molecule has 0 aliphatic heterocycles. The number of amides is 2. The number of rotatable bonds is 6. The van der Waals surface area contributed by atoms with Gasteiger partial charge in [-0.2, -0.15) is 11.3 Å². The number of thiophene rings is 1. The molecule has 7 nitrogen and oxygen atoms in total. The number of anilines is 2. The first-order valence-electron chi connectivity index (χ1n) is 7.73. The van der Waals surface area contributed by atoms with Crippen LogP contribution in [0.4, 0.5) is 11.4 Å². The third-order valence-electron chi connectivity index (χ3n) is 3.36. The smallest absolute Gasteiger partial charge is 0.248 e. The summed E-state index contributed by atoms with van der Waals surface area (Å²) in [5.41, 5.74) is 1.83. The van der Waals surface area contributed by atoms with Crippen LogP contribution in [-0.2, 0) is 16.0 Å². The topological polar surface area (TPSA) is 97.1 Å². The molecule has 1 aromatic carbocycles. The predicted octanol–water partition coefficient (Wildman–Crippen LogP) is 3.98. The summed E-state index contributed by atoms with van der Waals surface area (Å²) in [6, 6.07) is 6.75. The van der Waals surface area contributed by atoms with E-state index in [4.69, 9.17) is 16.0 Å². The number of nitrogens with one attached hydrogen (secondary N) is 2. The SMILES string of the molecule is CC(=O)Nc1ccc(Cl)c(NC(=O)CCc2nnc(-c3ccsc3)o2)c1. The van der Waals surface area contributed by atoms with Gasteiger partial charge in [0.25, 0.3) is 0 Å². The lowest BCUT2D eigenvalue weighted by Gasteiger charge is -2.09. The highest BCUT2D eigenvalue weighted by molar-refractivity contribution is 7.08. The van der Waals surface area contributed by atoms with Crippen LogP contribution in [0.1, 0.15) is 19.2 Å². The standard InChI is InChI=1S/C17H15ClN4O3S/c1-10(23)19-12-2-3-13(18)14(8-12)20-15(24)4-5-16-21-22-17(25-16)11-6-7-26-9-11/h2-3,6-9H,4-5H2,1H3,(H,19,23)(H,20,24). The van der Waals surface area contributed by atoms with E-state index in [1.807, 2.05) is 16.8 Å². The second-order valence-electron chi connectivity index (χ2n) is 5.44. The van der Waals surface area contributed by atoms with E-state index in [0.717, 1.165) is 5.56 Å². The van der Waals surface area contributed by atoms with Gasteiger partial charge in [-0.05, 0) is 29.6 Å². The van der Waals surface area contributed by atoms with E-state index in [0.29, 0.717) is 34.6 Å². The molecule has 0 radical (unpaired) electrons. The van der Waals surface area contributed by atoms with Gasteiger partial charge in [-0.1, -0.05) is 11.6 Å². The van der Waals surface area contributed by atoms with E-state index >= 15 is 0 Å². The highest BCUT2D eigenvalue weighted by Gasteiger charge is 2.12. The molecule has 0 fully saturated rings. The summed E-state index contributed by atoms with van der Waals surface area (Å²) in [6.45, 7) is 1.40. The molecule has 0 saturated heterocycles. The molecule has 2 aromatic heterocycles. The van der Waals surface area contributed by atoms with Gasteiger partial charge in [0.1, 0.15) is 0 Å². The number of aryl methyl sites for hydroxylation is 1. The second kappa shape index (κ2) is 8.11. The molecular weight excluding hydrogens is 376 g/mol. The van der Waals surface area contributed by atoms with Crippen LogP contribution in [0.15, 0.2) is 39.4 Å². The summed E-state index contributed by atoms with van der Waals surface area (Å²) in [4.78, 5) is 23.3. The van der Waals surface area contributed by atoms with Crippen molar-refractivity contribution < 1.29 is 14.0 Å². The first kappa shape index (κ1) is 18.1. The van der Waals surface area contributed by atoms with Crippen molar-refractivity contribution in [1.82, 2.24) is 10.2 Å².